The molecule has 0 fully saturated rings. The molecule has 5 nitrogen and oxygen atoms in total. The fourth-order valence-electron chi connectivity index (χ4n) is 1.41. The van der Waals surface area contributed by atoms with E-state index in [1.54, 1.807) is 10.9 Å². The summed E-state index contributed by atoms with van der Waals surface area (Å²) in [7, 11) is 1.88. The highest BCUT2D eigenvalue weighted by atomic mass is 15.3. The highest BCUT2D eigenvalue weighted by molar-refractivity contribution is 5.72. The topological polar surface area (TPSA) is 69.6 Å². The summed E-state index contributed by atoms with van der Waals surface area (Å²) < 4.78 is 1.78. The summed E-state index contributed by atoms with van der Waals surface area (Å²) in [5.41, 5.74) is 9.18. The standard InChI is InChI=1S/C9H11N5/c1-6-3-9(14(2)13-6)7-4-11-12-5-8(7)10/h3-5H,1-2H3,(H2,10,11). The minimum atomic E-state index is 0.614. The fraction of sp³-hybridized carbons (Fsp3) is 0.222. The highest BCUT2D eigenvalue weighted by Gasteiger charge is 2.08. The van der Waals surface area contributed by atoms with Crippen molar-refractivity contribution in [1.29, 1.82) is 0 Å². The number of nitrogen functional groups attached to an aromatic ring is 1. The summed E-state index contributed by atoms with van der Waals surface area (Å²) in [5, 5.41) is 11.7. The number of aromatic nitrogens is 4. The maximum Gasteiger partial charge on any atom is 0.0732 e. The third-order valence-electron chi connectivity index (χ3n) is 2.04. The molecular weight excluding hydrogens is 178 g/mol. The Kier molecular flexibility index (Phi) is 1.92. The molecule has 2 heterocycles. The van der Waals surface area contributed by atoms with E-state index < -0.39 is 0 Å². The molecule has 0 aliphatic carbocycles. The van der Waals surface area contributed by atoms with Gasteiger partial charge in [0.05, 0.1) is 29.5 Å². The number of nitrogens with zero attached hydrogens (tertiary/aromatic N) is 4. The fourth-order valence-corrected chi connectivity index (χ4v) is 1.41. The quantitative estimate of drug-likeness (QED) is 0.719. The van der Waals surface area contributed by atoms with Crippen molar-refractivity contribution in [3.63, 3.8) is 0 Å². The molecule has 0 aliphatic heterocycles. The van der Waals surface area contributed by atoms with Crippen molar-refractivity contribution in [1.82, 2.24) is 20.0 Å². The molecule has 5 heteroatoms. The Bertz CT molecular complexity index is 460. The van der Waals surface area contributed by atoms with Gasteiger partial charge >= 0.3 is 0 Å². The van der Waals surface area contributed by atoms with Gasteiger partial charge in [0.1, 0.15) is 0 Å². The molecule has 0 saturated carbocycles. The van der Waals surface area contributed by atoms with Gasteiger partial charge in [0, 0.05) is 12.6 Å². The van der Waals surface area contributed by atoms with E-state index in [-0.39, 0.29) is 0 Å². The molecule has 0 atom stereocenters. The van der Waals surface area contributed by atoms with E-state index in [9.17, 15) is 0 Å². The summed E-state index contributed by atoms with van der Waals surface area (Å²) in [4.78, 5) is 0. The van der Waals surface area contributed by atoms with Crippen LogP contribution in [0.5, 0.6) is 0 Å². The third-order valence-corrected chi connectivity index (χ3v) is 2.04. The van der Waals surface area contributed by atoms with E-state index in [0.29, 0.717) is 5.69 Å². The van der Waals surface area contributed by atoms with Crippen LogP contribution in [0.4, 0.5) is 5.69 Å². The predicted octanol–water partition coefficient (Wildman–Crippen LogP) is 0.768. The van der Waals surface area contributed by atoms with Crippen molar-refractivity contribution in [3.05, 3.63) is 24.2 Å². The molecule has 0 aliphatic rings. The average Bonchev–Trinajstić information content (AvgIpc) is 2.46. The lowest BCUT2D eigenvalue weighted by Gasteiger charge is -2.03. The zero-order valence-electron chi connectivity index (χ0n) is 8.10. The molecule has 2 rings (SSSR count). The number of anilines is 1. The van der Waals surface area contributed by atoms with Gasteiger partial charge in [-0.15, -0.1) is 0 Å². The lowest BCUT2D eigenvalue weighted by atomic mass is 10.2. The van der Waals surface area contributed by atoms with Gasteiger partial charge in [-0.25, -0.2) is 0 Å². The Balaban J connectivity index is 2.60. The molecule has 0 aromatic carbocycles. The Morgan fingerprint density at radius 2 is 2.00 bits per heavy atom. The van der Waals surface area contributed by atoms with E-state index in [1.807, 2.05) is 20.0 Å². The Morgan fingerprint density at radius 1 is 1.29 bits per heavy atom. The first kappa shape index (κ1) is 8.68. The van der Waals surface area contributed by atoms with Crippen molar-refractivity contribution in [2.45, 2.75) is 6.92 Å². The third kappa shape index (κ3) is 1.32. The van der Waals surface area contributed by atoms with E-state index in [0.717, 1.165) is 17.0 Å². The molecule has 0 saturated heterocycles. The first-order valence-corrected chi connectivity index (χ1v) is 4.25. The predicted molar refractivity (Wildman–Crippen MR) is 53.4 cm³/mol. The highest BCUT2D eigenvalue weighted by Crippen LogP contribution is 2.23. The van der Waals surface area contributed by atoms with Crippen molar-refractivity contribution >= 4 is 5.69 Å². The molecule has 0 unspecified atom stereocenters. The second-order valence-electron chi connectivity index (χ2n) is 3.15. The smallest absolute Gasteiger partial charge is 0.0732 e. The lowest BCUT2D eigenvalue weighted by molar-refractivity contribution is 0.763. The van der Waals surface area contributed by atoms with E-state index in [2.05, 4.69) is 15.3 Å². The number of aryl methyl sites for hydroxylation is 2. The van der Waals surface area contributed by atoms with E-state index in [4.69, 9.17) is 5.73 Å². The van der Waals surface area contributed by atoms with Gasteiger partial charge in [0.2, 0.25) is 0 Å². The molecule has 2 aromatic rings. The molecule has 0 spiro atoms. The van der Waals surface area contributed by atoms with Crippen molar-refractivity contribution in [3.8, 4) is 11.3 Å². The Hall–Kier alpha value is -1.91. The van der Waals surface area contributed by atoms with Gasteiger partial charge in [-0.05, 0) is 13.0 Å². The van der Waals surface area contributed by atoms with Crippen molar-refractivity contribution in [2.24, 2.45) is 7.05 Å². The van der Waals surface area contributed by atoms with E-state index in [1.165, 1.54) is 6.20 Å². The minimum Gasteiger partial charge on any atom is -0.397 e. The van der Waals surface area contributed by atoms with Crippen molar-refractivity contribution < 1.29 is 0 Å². The molecule has 2 N–H and O–H groups in total. The summed E-state index contributed by atoms with van der Waals surface area (Å²) in [6.07, 6.45) is 3.18. The maximum atomic E-state index is 5.79. The normalized spacial score (nSPS) is 10.4. The molecule has 72 valence electrons. The molecule has 2 aromatic heterocycles. The maximum absolute atomic E-state index is 5.79. The zero-order chi connectivity index (χ0) is 10.1. The molecule has 0 radical (unpaired) electrons. The Labute approximate surface area is 81.6 Å². The monoisotopic (exact) mass is 189 g/mol. The zero-order valence-corrected chi connectivity index (χ0v) is 8.10. The van der Waals surface area contributed by atoms with Gasteiger partial charge < -0.3 is 5.73 Å². The number of hydrogen-bond donors (Lipinski definition) is 1. The summed E-state index contributed by atoms with van der Waals surface area (Å²) in [6.45, 7) is 1.94. The molecule has 0 bridgehead atoms. The van der Waals surface area contributed by atoms with Crippen LogP contribution in [0.1, 0.15) is 5.69 Å². The van der Waals surface area contributed by atoms with Crippen LogP contribution >= 0.6 is 0 Å². The van der Waals surface area contributed by atoms with E-state index >= 15 is 0 Å². The molecular formula is C9H11N5. The second-order valence-corrected chi connectivity index (χ2v) is 3.15. The van der Waals surface area contributed by atoms with Crippen LogP contribution < -0.4 is 5.73 Å². The van der Waals surface area contributed by atoms with Crippen LogP contribution in [0.3, 0.4) is 0 Å². The van der Waals surface area contributed by atoms with Gasteiger partial charge in [-0.3, -0.25) is 4.68 Å². The van der Waals surface area contributed by atoms with Crippen LogP contribution in [0.15, 0.2) is 18.5 Å². The number of nitrogens with two attached hydrogens (primary N) is 1. The van der Waals surface area contributed by atoms with Gasteiger partial charge in [0.15, 0.2) is 0 Å². The second kappa shape index (κ2) is 3.10. The van der Waals surface area contributed by atoms with Crippen LogP contribution in [0.2, 0.25) is 0 Å². The average molecular weight is 189 g/mol. The van der Waals surface area contributed by atoms with Crippen molar-refractivity contribution in [2.75, 3.05) is 5.73 Å². The first-order chi connectivity index (χ1) is 6.68. The van der Waals surface area contributed by atoms with Crippen LogP contribution in [-0.4, -0.2) is 20.0 Å². The van der Waals surface area contributed by atoms with Crippen LogP contribution in [-0.2, 0) is 7.05 Å². The summed E-state index contributed by atoms with van der Waals surface area (Å²) in [6, 6.07) is 1.97. The lowest BCUT2D eigenvalue weighted by Crippen LogP contribution is -1.98. The molecule has 0 amide bonds. The van der Waals surface area contributed by atoms with Crippen LogP contribution in [0, 0.1) is 6.92 Å². The Morgan fingerprint density at radius 3 is 2.57 bits per heavy atom. The minimum absolute atomic E-state index is 0.614. The largest absolute Gasteiger partial charge is 0.397 e. The summed E-state index contributed by atoms with van der Waals surface area (Å²) in [5.74, 6) is 0. The van der Waals surface area contributed by atoms with Crippen LogP contribution in [0.25, 0.3) is 11.3 Å². The van der Waals surface area contributed by atoms with Gasteiger partial charge in [-0.2, -0.15) is 15.3 Å². The van der Waals surface area contributed by atoms with Gasteiger partial charge in [0.25, 0.3) is 0 Å². The number of hydrogen-bond acceptors (Lipinski definition) is 4. The first-order valence-electron chi connectivity index (χ1n) is 4.25. The summed E-state index contributed by atoms with van der Waals surface area (Å²) >= 11 is 0. The SMILES string of the molecule is Cc1cc(-c2cnncc2N)n(C)n1. The van der Waals surface area contributed by atoms with Gasteiger partial charge in [-0.1, -0.05) is 0 Å². The number of rotatable bonds is 1. The molecule has 14 heavy (non-hydrogen) atoms.